The van der Waals surface area contributed by atoms with Crippen LogP contribution in [-0.4, -0.2) is 88.5 Å². The summed E-state index contributed by atoms with van der Waals surface area (Å²) in [5.74, 6) is -5.39. The van der Waals surface area contributed by atoms with Gasteiger partial charge in [0.25, 0.3) is 11.8 Å². The Hall–Kier alpha value is -4.83. The second-order valence-electron chi connectivity index (χ2n) is 11.8. The first-order chi connectivity index (χ1) is 22.0. The Kier molecular flexibility index (Phi) is 8.24. The fraction of sp³-hybridized carbons (Fsp3) is 0.364. The number of likely N-dealkylation sites (tertiary alicyclic amines) is 1. The van der Waals surface area contributed by atoms with E-state index in [-0.39, 0.29) is 61.1 Å². The number of aryl methyl sites for hydroxylation is 1. The number of ether oxygens (including phenoxy) is 1. The Labute approximate surface area is 262 Å². The molecule has 2 saturated heterocycles. The number of alkyl halides is 2. The van der Waals surface area contributed by atoms with Crippen LogP contribution in [0.3, 0.4) is 0 Å². The van der Waals surface area contributed by atoms with Crippen molar-refractivity contribution in [2.24, 2.45) is 0 Å². The second kappa shape index (κ2) is 12.2. The number of carbonyl (C=O) groups is 1. The Morgan fingerprint density at radius 2 is 1.93 bits per heavy atom. The molecular weight excluding hydrogens is 602 g/mol. The third kappa shape index (κ3) is 5.80. The third-order valence-corrected chi connectivity index (χ3v) is 8.66. The van der Waals surface area contributed by atoms with Crippen LogP contribution in [0.25, 0.3) is 32.9 Å². The van der Waals surface area contributed by atoms with Crippen LogP contribution in [-0.2, 0) is 4.79 Å². The maximum Gasteiger partial charge on any atom is 0.319 e. The molecule has 0 radical (unpaired) electrons. The maximum atomic E-state index is 16.6. The van der Waals surface area contributed by atoms with Crippen LogP contribution < -0.4 is 9.64 Å². The van der Waals surface area contributed by atoms with Gasteiger partial charge in [0.2, 0.25) is 0 Å². The molecule has 238 valence electrons. The van der Waals surface area contributed by atoms with Crippen molar-refractivity contribution in [2.45, 2.75) is 37.8 Å². The number of rotatable bonds is 7. The number of halogens is 4. The van der Waals surface area contributed by atoms with Gasteiger partial charge >= 0.3 is 6.01 Å². The van der Waals surface area contributed by atoms with E-state index in [0.717, 1.165) is 16.3 Å². The van der Waals surface area contributed by atoms with E-state index in [2.05, 4.69) is 21.5 Å². The van der Waals surface area contributed by atoms with Gasteiger partial charge in [-0.1, -0.05) is 43.0 Å². The Morgan fingerprint density at radius 1 is 1.17 bits per heavy atom. The molecular formula is C33H31F4N7O2. The van der Waals surface area contributed by atoms with Crippen LogP contribution >= 0.6 is 0 Å². The van der Waals surface area contributed by atoms with Gasteiger partial charge in [0, 0.05) is 43.9 Å². The number of aromatic nitrogens is 3. The number of amides is 1. The number of benzene rings is 2. The lowest BCUT2D eigenvalue weighted by molar-refractivity contribution is -0.131. The Morgan fingerprint density at radius 3 is 2.63 bits per heavy atom. The highest BCUT2D eigenvalue weighted by Gasteiger charge is 2.43. The quantitative estimate of drug-likeness (QED) is 0.197. The van der Waals surface area contributed by atoms with E-state index in [9.17, 15) is 23.2 Å². The SMILES string of the molecule is C=C(F)C(=O)N1CCN(c2nc(OC[C@@H]3CC(F)(F)CN3C)nc3c(F)c(-c4cccc5cccc(C)c45)ncc23)CC1CC#N. The average molecular weight is 634 g/mol. The molecule has 0 N–H and O–H groups in total. The minimum atomic E-state index is -2.86. The molecule has 13 heteroatoms. The number of hydrogen-bond acceptors (Lipinski definition) is 8. The van der Waals surface area contributed by atoms with E-state index in [1.807, 2.05) is 43.3 Å². The summed E-state index contributed by atoms with van der Waals surface area (Å²) in [6.45, 7) is 4.74. The smallest absolute Gasteiger partial charge is 0.319 e. The molecule has 4 heterocycles. The summed E-state index contributed by atoms with van der Waals surface area (Å²) in [6, 6.07) is 11.8. The fourth-order valence-electron chi connectivity index (χ4n) is 6.41. The lowest BCUT2D eigenvalue weighted by Gasteiger charge is -2.41. The number of pyridine rings is 1. The first-order valence-corrected chi connectivity index (χ1v) is 14.8. The van der Waals surface area contributed by atoms with Crippen molar-refractivity contribution < 1.29 is 27.1 Å². The van der Waals surface area contributed by atoms with Gasteiger partial charge in [-0.15, -0.1) is 0 Å². The summed E-state index contributed by atoms with van der Waals surface area (Å²) < 4.78 is 64.4. The number of fused-ring (bicyclic) bond motifs is 2. The van der Waals surface area contributed by atoms with Crippen LogP contribution in [0.15, 0.2) is 55.0 Å². The average Bonchev–Trinajstić information content (AvgIpc) is 3.30. The third-order valence-electron chi connectivity index (χ3n) is 8.66. The zero-order valence-corrected chi connectivity index (χ0v) is 25.3. The Bertz CT molecular complexity index is 1890. The molecule has 2 aliphatic rings. The second-order valence-corrected chi connectivity index (χ2v) is 11.8. The van der Waals surface area contributed by atoms with E-state index >= 15 is 4.39 Å². The number of carbonyl (C=O) groups excluding carboxylic acids is 1. The number of piperazine rings is 1. The van der Waals surface area contributed by atoms with Crippen molar-refractivity contribution in [3.63, 3.8) is 0 Å². The van der Waals surface area contributed by atoms with E-state index in [1.165, 1.54) is 16.0 Å². The topological polar surface area (TPSA) is 98.5 Å². The molecule has 1 unspecified atom stereocenters. The van der Waals surface area contributed by atoms with Crippen molar-refractivity contribution in [1.29, 1.82) is 5.26 Å². The van der Waals surface area contributed by atoms with Crippen LogP contribution in [0.1, 0.15) is 18.4 Å². The fourth-order valence-corrected chi connectivity index (χ4v) is 6.41. The van der Waals surface area contributed by atoms with E-state index < -0.39 is 48.5 Å². The first-order valence-electron chi connectivity index (χ1n) is 14.8. The molecule has 0 saturated carbocycles. The van der Waals surface area contributed by atoms with Gasteiger partial charge in [-0.2, -0.15) is 15.2 Å². The Balaban J connectivity index is 1.44. The van der Waals surface area contributed by atoms with Crippen molar-refractivity contribution in [3.05, 3.63) is 66.4 Å². The van der Waals surface area contributed by atoms with Crippen LogP contribution in [0.5, 0.6) is 6.01 Å². The van der Waals surface area contributed by atoms with Crippen LogP contribution in [0, 0.1) is 24.1 Å². The zero-order valence-electron chi connectivity index (χ0n) is 25.3. The van der Waals surface area contributed by atoms with Gasteiger partial charge in [-0.05, 0) is 30.3 Å². The summed E-state index contributed by atoms with van der Waals surface area (Å²) in [5.41, 5.74) is 1.48. The largest absolute Gasteiger partial charge is 0.462 e. The molecule has 2 fully saturated rings. The summed E-state index contributed by atoms with van der Waals surface area (Å²) in [7, 11) is 1.58. The number of nitrogens with zero attached hydrogens (tertiary/aromatic N) is 7. The molecule has 2 aromatic heterocycles. The zero-order chi connectivity index (χ0) is 32.7. The first kappa shape index (κ1) is 31.2. The maximum absolute atomic E-state index is 16.6. The van der Waals surface area contributed by atoms with Gasteiger partial charge in [0.15, 0.2) is 11.6 Å². The van der Waals surface area contributed by atoms with E-state index in [0.29, 0.717) is 5.56 Å². The van der Waals surface area contributed by atoms with Gasteiger partial charge in [-0.3, -0.25) is 14.7 Å². The molecule has 6 rings (SSSR count). The van der Waals surface area contributed by atoms with Crippen molar-refractivity contribution >= 4 is 33.4 Å². The highest BCUT2D eigenvalue weighted by molar-refractivity contribution is 6.00. The van der Waals surface area contributed by atoms with E-state index in [1.54, 1.807) is 18.0 Å². The van der Waals surface area contributed by atoms with Gasteiger partial charge in [-0.25, -0.2) is 17.6 Å². The van der Waals surface area contributed by atoms with Crippen molar-refractivity contribution in [3.8, 4) is 23.3 Å². The molecule has 9 nitrogen and oxygen atoms in total. The summed E-state index contributed by atoms with van der Waals surface area (Å²) in [4.78, 5) is 30.4. The summed E-state index contributed by atoms with van der Waals surface area (Å²) in [5, 5.41) is 11.4. The van der Waals surface area contributed by atoms with E-state index in [4.69, 9.17) is 4.74 Å². The monoisotopic (exact) mass is 633 g/mol. The van der Waals surface area contributed by atoms with Crippen molar-refractivity contribution in [1.82, 2.24) is 24.8 Å². The number of likely N-dealkylation sites (N-methyl/N-ethyl adjacent to an activating group) is 1. The van der Waals surface area contributed by atoms with Crippen molar-refractivity contribution in [2.75, 3.05) is 44.7 Å². The molecule has 4 aromatic rings. The molecule has 2 aliphatic heterocycles. The number of hydrogen-bond donors (Lipinski definition) is 0. The molecule has 0 aliphatic carbocycles. The van der Waals surface area contributed by atoms with Crippen LogP contribution in [0.4, 0.5) is 23.4 Å². The summed E-state index contributed by atoms with van der Waals surface area (Å²) >= 11 is 0. The predicted octanol–water partition coefficient (Wildman–Crippen LogP) is 5.42. The lowest BCUT2D eigenvalue weighted by atomic mass is 9.97. The summed E-state index contributed by atoms with van der Waals surface area (Å²) in [6.07, 6.45) is 0.968. The molecule has 1 amide bonds. The standard InChI is InChI=1S/C33H31F4N7O2/c1-19-6-4-7-21-8-5-9-24(26(19)21)28-27(35)29-25(15-39-28)30(41-32(40-29)46-17-23-14-33(36,37)18-42(23)3)43-12-13-44(31(45)20(2)34)22(16-43)10-11-38/h4-9,15,22-23H,2,10,12-14,16-18H2,1,3H3/t22?,23-/m0/s1. The van der Waals surface area contributed by atoms with Gasteiger partial charge < -0.3 is 14.5 Å². The molecule has 0 bridgehead atoms. The normalized spacial score (nSPS) is 19.8. The lowest BCUT2D eigenvalue weighted by Crippen LogP contribution is -2.55. The predicted molar refractivity (Wildman–Crippen MR) is 165 cm³/mol. The molecule has 0 spiro atoms. The molecule has 2 atom stereocenters. The number of anilines is 1. The van der Waals surface area contributed by atoms with Crippen LogP contribution in [0.2, 0.25) is 0 Å². The highest BCUT2D eigenvalue weighted by atomic mass is 19.3. The molecule has 2 aromatic carbocycles. The number of nitriles is 1. The minimum absolute atomic E-state index is 0.0427. The highest BCUT2D eigenvalue weighted by Crippen LogP contribution is 2.37. The van der Waals surface area contributed by atoms with Gasteiger partial charge in [0.1, 0.15) is 23.6 Å². The molecule has 46 heavy (non-hydrogen) atoms. The minimum Gasteiger partial charge on any atom is -0.462 e. The van der Waals surface area contributed by atoms with Gasteiger partial charge in [0.05, 0.1) is 30.5 Å².